The van der Waals surface area contributed by atoms with Crippen molar-refractivity contribution in [3.8, 4) is 0 Å². The normalized spacial score (nSPS) is 24.5. The third kappa shape index (κ3) is 3.79. The molecule has 6 nitrogen and oxygen atoms in total. The molecular formula is C20H22ClN3O3S. The zero-order chi connectivity index (χ0) is 19.7. The van der Waals surface area contributed by atoms with E-state index >= 15 is 0 Å². The van der Waals surface area contributed by atoms with Crippen LogP contribution in [0.2, 0.25) is 5.02 Å². The molecule has 2 atom stereocenters. The molecule has 0 saturated carbocycles. The number of carbonyl (C=O) groups excluding carboxylic acids is 1. The minimum atomic E-state index is -3.40. The van der Waals surface area contributed by atoms with Crippen LogP contribution in [0.25, 0.3) is 0 Å². The highest BCUT2D eigenvalue weighted by Crippen LogP contribution is 2.35. The lowest BCUT2D eigenvalue weighted by Crippen LogP contribution is -2.34. The fourth-order valence-electron chi connectivity index (χ4n) is 4.16. The Balaban J connectivity index is 1.46. The van der Waals surface area contributed by atoms with E-state index in [1.165, 1.54) is 0 Å². The predicted octanol–water partition coefficient (Wildman–Crippen LogP) is 2.80. The lowest BCUT2D eigenvalue weighted by molar-refractivity contribution is 0.0758. The molecule has 1 aromatic heterocycles. The molecule has 3 heterocycles. The minimum Gasteiger partial charge on any atom is -0.339 e. The molecule has 8 heteroatoms. The summed E-state index contributed by atoms with van der Waals surface area (Å²) in [5.41, 5.74) is 1.43. The van der Waals surface area contributed by atoms with E-state index in [1.54, 1.807) is 45.9 Å². The van der Waals surface area contributed by atoms with Crippen LogP contribution in [-0.2, 0) is 16.6 Å². The van der Waals surface area contributed by atoms with Gasteiger partial charge in [-0.2, -0.15) is 4.31 Å². The van der Waals surface area contributed by atoms with Crippen molar-refractivity contribution < 1.29 is 13.2 Å². The van der Waals surface area contributed by atoms with E-state index in [0.29, 0.717) is 49.6 Å². The molecule has 4 rings (SSSR count). The molecule has 0 bridgehead atoms. The van der Waals surface area contributed by atoms with Crippen LogP contribution in [-0.4, -0.2) is 53.4 Å². The van der Waals surface area contributed by atoms with Gasteiger partial charge in [0.05, 0.1) is 10.8 Å². The largest absolute Gasteiger partial charge is 0.339 e. The van der Waals surface area contributed by atoms with Crippen LogP contribution in [0.1, 0.15) is 28.8 Å². The molecule has 0 N–H and O–H groups in total. The van der Waals surface area contributed by atoms with Gasteiger partial charge in [0.1, 0.15) is 0 Å². The fourth-order valence-corrected chi connectivity index (χ4v) is 6.60. The van der Waals surface area contributed by atoms with E-state index in [4.69, 9.17) is 11.6 Å². The zero-order valence-electron chi connectivity index (χ0n) is 15.4. The molecular weight excluding hydrogens is 398 g/mol. The van der Waals surface area contributed by atoms with Crippen LogP contribution in [0.15, 0.2) is 48.8 Å². The fraction of sp³-hybridized carbons (Fsp3) is 0.400. The van der Waals surface area contributed by atoms with Crippen LogP contribution in [0.5, 0.6) is 0 Å². The number of halogens is 1. The first-order valence-electron chi connectivity index (χ1n) is 9.38. The smallest absolute Gasteiger partial charge is 0.255 e. The Bertz CT molecular complexity index is 968. The third-order valence-electron chi connectivity index (χ3n) is 5.60. The lowest BCUT2D eigenvalue weighted by atomic mass is 10.0. The van der Waals surface area contributed by atoms with Gasteiger partial charge in [0.25, 0.3) is 5.91 Å². The first-order valence-corrected chi connectivity index (χ1v) is 11.3. The van der Waals surface area contributed by atoms with Crippen LogP contribution in [0.3, 0.4) is 0 Å². The molecule has 0 radical (unpaired) electrons. The molecule has 28 heavy (non-hydrogen) atoms. The minimum absolute atomic E-state index is 0.0379. The molecule has 1 amide bonds. The molecule has 0 spiro atoms. The molecule has 0 aliphatic carbocycles. The van der Waals surface area contributed by atoms with Crippen LogP contribution in [0, 0.1) is 5.92 Å². The second-order valence-corrected chi connectivity index (χ2v) is 9.97. The molecule has 2 fully saturated rings. The Labute approximate surface area is 170 Å². The van der Waals surface area contributed by atoms with Gasteiger partial charge in [0.15, 0.2) is 0 Å². The number of benzene rings is 1. The van der Waals surface area contributed by atoms with Gasteiger partial charge in [0.2, 0.25) is 10.0 Å². The molecule has 2 aromatic rings. The van der Waals surface area contributed by atoms with Crippen molar-refractivity contribution in [1.82, 2.24) is 14.2 Å². The van der Waals surface area contributed by atoms with Gasteiger partial charge in [-0.05, 0) is 48.6 Å². The van der Waals surface area contributed by atoms with Crippen molar-refractivity contribution in [1.29, 1.82) is 0 Å². The van der Waals surface area contributed by atoms with Gasteiger partial charge >= 0.3 is 0 Å². The average Bonchev–Trinajstić information content (AvgIpc) is 2.83. The quantitative estimate of drug-likeness (QED) is 0.767. The second kappa shape index (κ2) is 7.81. The molecule has 2 aliphatic heterocycles. The highest BCUT2D eigenvalue weighted by atomic mass is 35.5. The van der Waals surface area contributed by atoms with E-state index in [-0.39, 0.29) is 11.8 Å². The molecule has 148 valence electrons. The number of likely N-dealkylation sites (tertiary alicyclic amines) is 1. The Morgan fingerprint density at radius 2 is 2.00 bits per heavy atom. The van der Waals surface area contributed by atoms with E-state index < -0.39 is 15.3 Å². The highest BCUT2D eigenvalue weighted by molar-refractivity contribution is 7.90. The van der Waals surface area contributed by atoms with Gasteiger partial charge in [-0.3, -0.25) is 9.78 Å². The van der Waals surface area contributed by atoms with Gasteiger partial charge in [0, 0.05) is 43.6 Å². The zero-order valence-corrected chi connectivity index (χ0v) is 16.9. The van der Waals surface area contributed by atoms with Crippen LogP contribution < -0.4 is 0 Å². The van der Waals surface area contributed by atoms with E-state index in [9.17, 15) is 13.2 Å². The number of nitrogens with zero attached hydrogens (tertiary/aromatic N) is 3. The summed E-state index contributed by atoms with van der Waals surface area (Å²) in [5, 5.41) is 0.172. The van der Waals surface area contributed by atoms with E-state index in [0.717, 1.165) is 5.56 Å². The number of sulfonamides is 1. The van der Waals surface area contributed by atoms with Gasteiger partial charge in [-0.1, -0.05) is 23.7 Å². The number of hydrogen-bond donors (Lipinski definition) is 0. The number of amides is 1. The monoisotopic (exact) mass is 419 g/mol. The number of carbonyl (C=O) groups is 1. The summed E-state index contributed by atoms with van der Waals surface area (Å²) >= 11 is 6.03. The highest BCUT2D eigenvalue weighted by Gasteiger charge is 2.47. The summed E-state index contributed by atoms with van der Waals surface area (Å²) in [6.07, 6.45) is 4.33. The van der Waals surface area contributed by atoms with Crippen LogP contribution in [0.4, 0.5) is 0 Å². The van der Waals surface area contributed by atoms with Crippen molar-refractivity contribution in [3.05, 3.63) is 64.9 Å². The Hall–Kier alpha value is -1.96. The molecule has 2 saturated heterocycles. The first-order chi connectivity index (χ1) is 13.4. The van der Waals surface area contributed by atoms with Crippen molar-refractivity contribution in [3.63, 3.8) is 0 Å². The molecule has 2 aliphatic rings. The number of rotatable bonds is 3. The second-order valence-electron chi connectivity index (χ2n) is 7.38. The van der Waals surface area contributed by atoms with Gasteiger partial charge in [-0.25, -0.2) is 8.42 Å². The standard InChI is InChI=1S/C20H22ClN3O3S/c21-18-5-1-3-15(11-18)13-24-14-17-6-9-23(10-7-19(17)28(24,26)27)20(25)16-4-2-8-22-12-16/h1-5,8,11-12,17,19H,6-7,9-10,13-14H2/t17-,19-/m1/s1. The summed E-state index contributed by atoms with van der Waals surface area (Å²) in [7, 11) is -3.40. The van der Waals surface area contributed by atoms with E-state index in [2.05, 4.69) is 4.98 Å². The number of fused-ring (bicyclic) bond motifs is 1. The topological polar surface area (TPSA) is 70.6 Å². The lowest BCUT2D eigenvalue weighted by Gasteiger charge is -2.22. The Morgan fingerprint density at radius 3 is 2.75 bits per heavy atom. The van der Waals surface area contributed by atoms with Crippen molar-refractivity contribution in [2.24, 2.45) is 5.92 Å². The SMILES string of the molecule is O=C(c1cccnc1)N1CC[C@@H]2CN(Cc3cccc(Cl)c3)S(=O)(=O)[C@@H]2CC1. The predicted molar refractivity (Wildman–Crippen MR) is 107 cm³/mol. The Kier molecular flexibility index (Phi) is 5.40. The average molecular weight is 420 g/mol. The van der Waals surface area contributed by atoms with Crippen molar-refractivity contribution in [2.45, 2.75) is 24.6 Å². The number of hydrogen-bond acceptors (Lipinski definition) is 4. The summed E-state index contributed by atoms with van der Waals surface area (Å²) in [6.45, 7) is 1.84. The van der Waals surface area contributed by atoms with Gasteiger partial charge in [-0.15, -0.1) is 0 Å². The Morgan fingerprint density at radius 1 is 1.18 bits per heavy atom. The maximum atomic E-state index is 13.1. The molecule has 1 aromatic carbocycles. The van der Waals surface area contributed by atoms with Crippen molar-refractivity contribution in [2.75, 3.05) is 19.6 Å². The summed E-state index contributed by atoms with van der Waals surface area (Å²) in [6, 6.07) is 10.8. The summed E-state index contributed by atoms with van der Waals surface area (Å²) in [4.78, 5) is 18.4. The molecule has 0 unspecified atom stereocenters. The maximum Gasteiger partial charge on any atom is 0.255 e. The van der Waals surface area contributed by atoms with Crippen LogP contribution >= 0.6 is 11.6 Å². The third-order valence-corrected chi connectivity index (χ3v) is 8.22. The van der Waals surface area contributed by atoms with Crippen molar-refractivity contribution >= 4 is 27.5 Å². The van der Waals surface area contributed by atoms with E-state index in [1.807, 2.05) is 12.1 Å². The maximum absolute atomic E-state index is 13.1. The van der Waals surface area contributed by atoms with Gasteiger partial charge < -0.3 is 4.90 Å². The summed E-state index contributed by atoms with van der Waals surface area (Å²) in [5.74, 6) is -0.0443. The number of pyridine rings is 1. The summed E-state index contributed by atoms with van der Waals surface area (Å²) < 4.78 is 27.8. The number of aromatic nitrogens is 1. The first kappa shape index (κ1) is 19.4.